The van der Waals surface area contributed by atoms with E-state index in [-0.39, 0.29) is 22.0 Å². The third-order valence-corrected chi connectivity index (χ3v) is 9.56. The number of rotatable bonds is 8. The second kappa shape index (κ2) is 14.1. The van der Waals surface area contributed by atoms with Crippen molar-refractivity contribution in [2.75, 3.05) is 30.8 Å². The van der Waals surface area contributed by atoms with Gasteiger partial charge in [-0.05, 0) is 81.6 Å². The van der Waals surface area contributed by atoms with E-state index in [1.165, 1.54) is 24.4 Å². The number of piperidine rings is 1. The molecular formula is C36H38Cl2FN9O. The van der Waals surface area contributed by atoms with Gasteiger partial charge >= 0.3 is 0 Å². The summed E-state index contributed by atoms with van der Waals surface area (Å²) >= 11 is 12.9. The summed E-state index contributed by atoms with van der Waals surface area (Å²) < 4.78 is 13.9. The number of nitriles is 1. The van der Waals surface area contributed by atoms with Crippen LogP contribution in [-0.4, -0.2) is 52.5 Å². The Kier molecular flexibility index (Phi) is 9.86. The zero-order chi connectivity index (χ0) is 34.9. The van der Waals surface area contributed by atoms with E-state index in [9.17, 15) is 14.4 Å². The highest BCUT2D eigenvalue weighted by atomic mass is 35.5. The average molecular weight is 703 g/mol. The maximum absolute atomic E-state index is 13.9. The molecule has 1 fully saturated rings. The van der Waals surface area contributed by atoms with Gasteiger partial charge in [0.15, 0.2) is 0 Å². The molecule has 13 heteroatoms. The molecule has 254 valence electrons. The lowest BCUT2D eigenvalue weighted by Gasteiger charge is -2.42. The van der Waals surface area contributed by atoms with E-state index in [4.69, 9.17) is 23.2 Å². The van der Waals surface area contributed by atoms with Crippen LogP contribution < -0.4 is 26.9 Å². The number of likely N-dealkylation sites (tertiary alicyclic amines) is 1. The summed E-state index contributed by atoms with van der Waals surface area (Å²) in [5.74, 6) is -0.744. The van der Waals surface area contributed by atoms with Gasteiger partial charge in [-0.25, -0.2) is 4.39 Å². The van der Waals surface area contributed by atoms with Crippen molar-refractivity contribution in [1.82, 2.24) is 31.2 Å². The fourth-order valence-electron chi connectivity index (χ4n) is 6.29. The number of hydrazine groups is 2. The van der Waals surface area contributed by atoms with Crippen molar-refractivity contribution in [1.29, 1.82) is 5.26 Å². The van der Waals surface area contributed by atoms with E-state index in [0.29, 0.717) is 44.6 Å². The molecule has 3 heterocycles. The van der Waals surface area contributed by atoms with Gasteiger partial charge in [0.2, 0.25) is 0 Å². The normalized spacial score (nSPS) is 16.1. The number of fused-ring (bicyclic) bond motifs is 1. The Morgan fingerprint density at radius 1 is 1.08 bits per heavy atom. The van der Waals surface area contributed by atoms with Crippen LogP contribution in [0.5, 0.6) is 0 Å². The zero-order valence-corrected chi connectivity index (χ0v) is 29.2. The van der Waals surface area contributed by atoms with Crippen LogP contribution in [-0.2, 0) is 0 Å². The predicted octanol–water partition coefficient (Wildman–Crippen LogP) is 7.24. The fourth-order valence-corrected chi connectivity index (χ4v) is 6.74. The summed E-state index contributed by atoms with van der Waals surface area (Å²) in [5.41, 5.74) is 11.4. The van der Waals surface area contributed by atoms with E-state index in [2.05, 4.69) is 74.8 Å². The maximum Gasteiger partial charge on any atom is 0.251 e. The van der Waals surface area contributed by atoms with Gasteiger partial charge in [0.05, 0.1) is 38.6 Å². The van der Waals surface area contributed by atoms with E-state index >= 15 is 0 Å². The SMILES string of the molecule is CNC(=O)c1cccc([C@H](Nc2cc(Cl)c3ncc(C#N)c(Nc4ccc(F)c(Cl)c4)c3c2)C2=CN(C3CCN(C(C)(C)C)CC3)NN2)c1. The van der Waals surface area contributed by atoms with Crippen LogP contribution >= 0.6 is 23.2 Å². The third-order valence-electron chi connectivity index (χ3n) is 8.98. The molecule has 0 aliphatic carbocycles. The van der Waals surface area contributed by atoms with Crippen LogP contribution in [0.15, 0.2) is 72.7 Å². The van der Waals surface area contributed by atoms with Crippen LogP contribution in [0.4, 0.5) is 21.5 Å². The first-order valence-electron chi connectivity index (χ1n) is 16.0. The Balaban J connectivity index is 1.37. The number of anilines is 3. The third kappa shape index (κ3) is 7.38. The van der Waals surface area contributed by atoms with Crippen LogP contribution in [0.3, 0.4) is 0 Å². The number of hydrogen-bond donors (Lipinski definition) is 5. The number of benzene rings is 3. The summed E-state index contributed by atoms with van der Waals surface area (Å²) in [6, 6.07) is 17.4. The topological polar surface area (TPSA) is 120 Å². The molecule has 49 heavy (non-hydrogen) atoms. The van der Waals surface area contributed by atoms with Crippen LogP contribution in [0, 0.1) is 17.1 Å². The highest BCUT2D eigenvalue weighted by Gasteiger charge is 2.32. The number of hydrogen-bond acceptors (Lipinski definition) is 9. The molecule has 2 aliphatic heterocycles. The van der Waals surface area contributed by atoms with Gasteiger partial charge in [0.1, 0.15) is 11.9 Å². The van der Waals surface area contributed by atoms with E-state index in [0.717, 1.165) is 37.2 Å². The average Bonchev–Trinajstić information content (AvgIpc) is 3.58. The molecule has 1 saturated heterocycles. The number of nitrogens with zero attached hydrogens (tertiary/aromatic N) is 4. The smallest absolute Gasteiger partial charge is 0.251 e. The molecule has 0 bridgehead atoms. The number of amides is 1. The Morgan fingerprint density at radius 2 is 1.84 bits per heavy atom. The standard InChI is InChI=1S/C36H38Cl2FN9O/c1-36(2,3)47-12-10-26(11-13-47)48-20-31(45-46-48)33(21-6-5-7-22(14-21)35(49)41-4)44-25-15-27-32(43-24-8-9-30(39)28(37)16-24)23(18-40)19-42-34(27)29(38)17-25/h5-9,14-17,19-20,26,33,44-46H,10-13H2,1-4H3,(H,41,49)(H,42,43)/t33-/m0/s1. The van der Waals surface area contributed by atoms with Crippen molar-refractivity contribution in [3.8, 4) is 6.07 Å². The summed E-state index contributed by atoms with van der Waals surface area (Å²) in [5, 5.41) is 22.5. The van der Waals surface area contributed by atoms with Crippen molar-refractivity contribution in [3.05, 3.63) is 105 Å². The quantitative estimate of drug-likeness (QED) is 0.130. The van der Waals surface area contributed by atoms with E-state index in [1.807, 2.05) is 24.3 Å². The molecule has 0 saturated carbocycles. The molecule has 0 spiro atoms. The molecular weight excluding hydrogens is 664 g/mol. The van der Waals surface area contributed by atoms with Gasteiger partial charge in [-0.15, -0.1) is 5.53 Å². The second-order valence-electron chi connectivity index (χ2n) is 13.2. The molecule has 6 rings (SSSR count). The minimum Gasteiger partial charge on any atom is -0.373 e. The maximum atomic E-state index is 13.9. The van der Waals surface area contributed by atoms with Gasteiger partial charge in [0, 0.05) is 66.4 Å². The number of halogens is 3. The number of aromatic nitrogens is 1. The van der Waals surface area contributed by atoms with Crippen LogP contribution in [0.25, 0.3) is 10.9 Å². The minimum absolute atomic E-state index is 0.0520. The molecule has 0 radical (unpaired) electrons. The molecule has 1 aromatic heterocycles. The summed E-state index contributed by atoms with van der Waals surface area (Å²) in [4.78, 5) is 19.6. The molecule has 2 aliphatic rings. The first-order chi connectivity index (χ1) is 23.4. The van der Waals surface area contributed by atoms with E-state index in [1.54, 1.807) is 19.2 Å². The summed E-state index contributed by atoms with van der Waals surface area (Å²) in [6.45, 7) is 8.74. The lowest BCUT2D eigenvalue weighted by Crippen LogP contribution is -2.52. The minimum atomic E-state index is -0.549. The van der Waals surface area contributed by atoms with E-state index < -0.39 is 11.9 Å². The van der Waals surface area contributed by atoms with Gasteiger partial charge in [-0.1, -0.05) is 35.3 Å². The van der Waals surface area contributed by atoms with Crippen molar-refractivity contribution in [2.24, 2.45) is 0 Å². The largest absolute Gasteiger partial charge is 0.373 e. The lowest BCUT2D eigenvalue weighted by molar-refractivity contribution is 0.0570. The van der Waals surface area contributed by atoms with Crippen molar-refractivity contribution in [3.63, 3.8) is 0 Å². The second-order valence-corrected chi connectivity index (χ2v) is 14.0. The van der Waals surface area contributed by atoms with Crippen LogP contribution in [0.1, 0.15) is 61.1 Å². The molecule has 1 atom stereocenters. The van der Waals surface area contributed by atoms with Crippen molar-refractivity contribution >= 4 is 57.1 Å². The molecule has 1 amide bonds. The number of pyridine rings is 1. The highest BCUT2D eigenvalue weighted by Crippen LogP contribution is 2.38. The van der Waals surface area contributed by atoms with Gasteiger partial charge < -0.3 is 21.4 Å². The Hall–Kier alpha value is -4.60. The summed E-state index contributed by atoms with van der Waals surface area (Å²) in [6.07, 6.45) is 5.53. The molecule has 3 aromatic carbocycles. The highest BCUT2D eigenvalue weighted by molar-refractivity contribution is 6.36. The van der Waals surface area contributed by atoms with Gasteiger partial charge in [-0.3, -0.25) is 19.7 Å². The van der Waals surface area contributed by atoms with Crippen molar-refractivity contribution in [2.45, 2.75) is 51.2 Å². The Morgan fingerprint density at radius 3 is 2.53 bits per heavy atom. The van der Waals surface area contributed by atoms with Gasteiger partial charge in [-0.2, -0.15) is 5.26 Å². The zero-order valence-electron chi connectivity index (χ0n) is 27.7. The lowest BCUT2D eigenvalue weighted by atomic mass is 9.97. The van der Waals surface area contributed by atoms with Crippen LogP contribution in [0.2, 0.25) is 10.0 Å². The first-order valence-corrected chi connectivity index (χ1v) is 16.8. The van der Waals surface area contributed by atoms with Crippen molar-refractivity contribution < 1.29 is 9.18 Å². The fraction of sp³-hybridized carbons (Fsp3) is 0.306. The number of carbonyl (C=O) groups is 1. The molecule has 5 N–H and O–H groups in total. The monoisotopic (exact) mass is 701 g/mol. The number of nitrogens with one attached hydrogen (secondary N) is 5. The Labute approximate surface area is 295 Å². The first kappa shape index (κ1) is 34.3. The molecule has 4 aromatic rings. The molecule has 10 nitrogen and oxygen atoms in total. The Bertz CT molecular complexity index is 1960. The molecule has 0 unspecified atom stereocenters. The summed E-state index contributed by atoms with van der Waals surface area (Å²) in [7, 11) is 1.60. The number of carbonyl (C=O) groups excluding carboxylic acids is 1. The predicted molar refractivity (Wildman–Crippen MR) is 193 cm³/mol. The van der Waals surface area contributed by atoms with Gasteiger partial charge in [0.25, 0.3) is 5.91 Å².